The van der Waals surface area contributed by atoms with E-state index in [9.17, 15) is 0 Å². The highest BCUT2D eigenvalue weighted by molar-refractivity contribution is 5.45. The molecule has 4 N–H and O–H groups in total. The maximum atomic E-state index is 8.58. The summed E-state index contributed by atoms with van der Waals surface area (Å²) in [5.74, 6) is 0.825. The number of hydroxylamine groups is 1. The molecule has 0 bridgehead atoms. The normalized spacial score (nSPS) is 12.2. The molecule has 0 radical (unpaired) electrons. The summed E-state index contributed by atoms with van der Waals surface area (Å²) in [6, 6.07) is 7.69. The average molecular weight is 255 g/mol. The van der Waals surface area contributed by atoms with E-state index in [1.54, 1.807) is 7.11 Å². The van der Waals surface area contributed by atoms with Crippen molar-refractivity contribution in [3.63, 3.8) is 0 Å². The van der Waals surface area contributed by atoms with Crippen LogP contribution in [-0.2, 0) is 4.74 Å². The zero-order valence-electron chi connectivity index (χ0n) is 10.8. The topological polar surface area (TPSA) is 74.8 Å². The molecule has 0 fully saturated rings. The zero-order chi connectivity index (χ0) is 13.2. The minimum absolute atomic E-state index is 0.0765. The molecule has 0 aliphatic carbocycles. The summed E-state index contributed by atoms with van der Waals surface area (Å²) < 4.78 is 10.5. The van der Waals surface area contributed by atoms with E-state index in [4.69, 9.17) is 14.7 Å². The molecule has 0 heterocycles. The minimum atomic E-state index is 0.0765. The second-order valence-corrected chi connectivity index (χ2v) is 3.77. The zero-order valence-corrected chi connectivity index (χ0v) is 10.8. The first-order valence-corrected chi connectivity index (χ1v) is 5.80. The van der Waals surface area contributed by atoms with E-state index in [-0.39, 0.29) is 6.04 Å². The highest BCUT2D eigenvalue weighted by Gasteiger charge is 2.04. The van der Waals surface area contributed by atoms with Gasteiger partial charge in [-0.2, -0.15) is 0 Å². The van der Waals surface area contributed by atoms with Gasteiger partial charge in [-0.05, 0) is 31.3 Å². The molecule has 1 aromatic rings. The third kappa shape index (κ3) is 5.33. The Bertz CT molecular complexity index is 319. The lowest BCUT2D eigenvalue weighted by molar-refractivity contribution is 0.0998. The number of benzene rings is 1. The number of hydrogen-bond acceptors (Lipinski definition) is 6. The van der Waals surface area contributed by atoms with Crippen molar-refractivity contribution >= 4 is 5.69 Å². The third-order valence-corrected chi connectivity index (χ3v) is 2.53. The molecule has 6 heteroatoms. The van der Waals surface area contributed by atoms with Crippen molar-refractivity contribution in [3.05, 3.63) is 24.3 Å². The highest BCUT2D eigenvalue weighted by Crippen LogP contribution is 2.14. The van der Waals surface area contributed by atoms with Crippen LogP contribution in [0.15, 0.2) is 24.3 Å². The number of hydrogen-bond donors (Lipinski definition) is 4. The quantitative estimate of drug-likeness (QED) is 0.295. The molecule has 0 aliphatic heterocycles. The van der Waals surface area contributed by atoms with Gasteiger partial charge in [0.2, 0.25) is 0 Å². The molecule has 6 nitrogen and oxygen atoms in total. The third-order valence-electron chi connectivity index (χ3n) is 2.53. The van der Waals surface area contributed by atoms with Crippen molar-refractivity contribution in [3.8, 4) is 5.75 Å². The Morgan fingerprint density at radius 2 is 2.00 bits per heavy atom. The molecule has 0 aromatic heterocycles. The van der Waals surface area contributed by atoms with Crippen molar-refractivity contribution in [1.29, 1.82) is 0 Å². The van der Waals surface area contributed by atoms with Gasteiger partial charge in [0, 0.05) is 18.3 Å². The SMILES string of the molecule is CNC(CNO)COCNc1ccc(OC)cc1. The second kappa shape index (κ2) is 8.71. The number of ether oxygens (including phenoxy) is 2. The Kier molecular flexibility index (Phi) is 7.12. The van der Waals surface area contributed by atoms with E-state index in [1.807, 2.05) is 31.3 Å². The van der Waals surface area contributed by atoms with E-state index in [1.165, 1.54) is 0 Å². The lowest BCUT2D eigenvalue weighted by Crippen LogP contribution is -2.39. The van der Waals surface area contributed by atoms with Crippen LogP contribution in [0.3, 0.4) is 0 Å². The van der Waals surface area contributed by atoms with Crippen molar-refractivity contribution in [1.82, 2.24) is 10.8 Å². The molecule has 1 atom stereocenters. The molecule has 1 aromatic carbocycles. The molecule has 102 valence electrons. The fourth-order valence-electron chi connectivity index (χ4n) is 1.40. The Hall–Kier alpha value is -1.34. The summed E-state index contributed by atoms with van der Waals surface area (Å²) >= 11 is 0. The number of nitrogens with one attached hydrogen (secondary N) is 3. The van der Waals surface area contributed by atoms with Crippen LogP contribution >= 0.6 is 0 Å². The van der Waals surface area contributed by atoms with Crippen LogP contribution in [0.25, 0.3) is 0 Å². The van der Waals surface area contributed by atoms with Gasteiger partial charge < -0.3 is 25.3 Å². The van der Waals surface area contributed by atoms with Gasteiger partial charge in [-0.1, -0.05) is 0 Å². The predicted octanol–water partition coefficient (Wildman–Crippen LogP) is 0.648. The summed E-state index contributed by atoms with van der Waals surface area (Å²) in [4.78, 5) is 0. The molecule has 0 spiro atoms. The van der Waals surface area contributed by atoms with Crippen LogP contribution in [0.5, 0.6) is 5.75 Å². The minimum Gasteiger partial charge on any atom is -0.497 e. The van der Waals surface area contributed by atoms with Crippen molar-refractivity contribution in [2.45, 2.75) is 6.04 Å². The van der Waals surface area contributed by atoms with Gasteiger partial charge in [-0.25, -0.2) is 5.48 Å². The number of anilines is 1. The largest absolute Gasteiger partial charge is 0.497 e. The Morgan fingerprint density at radius 1 is 1.28 bits per heavy atom. The van der Waals surface area contributed by atoms with E-state index in [2.05, 4.69) is 16.1 Å². The fraction of sp³-hybridized carbons (Fsp3) is 0.500. The van der Waals surface area contributed by atoms with Gasteiger partial charge in [-0.15, -0.1) is 0 Å². The molecule has 0 amide bonds. The fourth-order valence-corrected chi connectivity index (χ4v) is 1.40. The Morgan fingerprint density at radius 3 is 2.56 bits per heavy atom. The van der Waals surface area contributed by atoms with Gasteiger partial charge >= 0.3 is 0 Å². The van der Waals surface area contributed by atoms with E-state index >= 15 is 0 Å². The summed E-state index contributed by atoms with van der Waals surface area (Å²) in [5.41, 5.74) is 3.08. The molecule has 18 heavy (non-hydrogen) atoms. The van der Waals surface area contributed by atoms with Gasteiger partial charge in [0.1, 0.15) is 12.5 Å². The average Bonchev–Trinajstić information content (AvgIpc) is 2.43. The van der Waals surface area contributed by atoms with Crippen LogP contribution < -0.4 is 20.9 Å². The second-order valence-electron chi connectivity index (χ2n) is 3.77. The standard InChI is InChI=1S/C12H21N3O3/c1-13-11(7-15-16)8-18-9-14-10-3-5-12(17-2)6-4-10/h3-6,11,13-16H,7-9H2,1-2H3. The molecule has 1 unspecified atom stereocenters. The summed E-state index contributed by atoms with van der Waals surface area (Å²) in [6.07, 6.45) is 0. The lowest BCUT2D eigenvalue weighted by Gasteiger charge is -2.15. The van der Waals surface area contributed by atoms with Crippen LogP contribution in [0.1, 0.15) is 0 Å². The summed E-state index contributed by atoms with van der Waals surface area (Å²) in [5, 5.41) is 14.7. The lowest BCUT2D eigenvalue weighted by atomic mass is 10.3. The summed E-state index contributed by atoms with van der Waals surface area (Å²) in [7, 11) is 3.46. The number of methoxy groups -OCH3 is 1. The molecule has 0 aliphatic rings. The summed E-state index contributed by atoms with van der Waals surface area (Å²) in [6.45, 7) is 1.36. The van der Waals surface area contributed by atoms with Gasteiger partial charge in [-0.3, -0.25) is 0 Å². The van der Waals surface area contributed by atoms with Gasteiger partial charge in [0.25, 0.3) is 0 Å². The number of likely N-dealkylation sites (N-methyl/N-ethyl adjacent to an activating group) is 1. The first-order chi connectivity index (χ1) is 8.80. The van der Waals surface area contributed by atoms with Crippen LogP contribution in [0, 0.1) is 0 Å². The van der Waals surface area contributed by atoms with Crippen LogP contribution in [0.2, 0.25) is 0 Å². The number of rotatable bonds is 9. The van der Waals surface area contributed by atoms with E-state index in [0.29, 0.717) is 19.9 Å². The van der Waals surface area contributed by atoms with E-state index in [0.717, 1.165) is 11.4 Å². The van der Waals surface area contributed by atoms with Crippen LogP contribution in [0.4, 0.5) is 5.69 Å². The van der Waals surface area contributed by atoms with Gasteiger partial charge in [0.05, 0.1) is 13.7 Å². The molecular weight excluding hydrogens is 234 g/mol. The molecule has 0 saturated carbocycles. The molecular formula is C12H21N3O3. The first-order valence-electron chi connectivity index (χ1n) is 5.80. The molecule has 0 saturated heterocycles. The highest BCUT2D eigenvalue weighted by atomic mass is 16.5. The molecule has 1 rings (SSSR count). The smallest absolute Gasteiger partial charge is 0.119 e. The Balaban J connectivity index is 2.20. The Labute approximate surface area is 107 Å². The maximum absolute atomic E-state index is 8.58. The first kappa shape index (κ1) is 14.7. The van der Waals surface area contributed by atoms with Crippen molar-refractivity contribution in [2.75, 3.05) is 39.4 Å². The van der Waals surface area contributed by atoms with Crippen LogP contribution in [-0.4, -0.2) is 45.3 Å². The van der Waals surface area contributed by atoms with E-state index < -0.39 is 0 Å². The van der Waals surface area contributed by atoms with Crippen molar-refractivity contribution in [2.24, 2.45) is 0 Å². The van der Waals surface area contributed by atoms with Gasteiger partial charge in [0.15, 0.2) is 0 Å². The predicted molar refractivity (Wildman–Crippen MR) is 70.1 cm³/mol. The monoisotopic (exact) mass is 255 g/mol. The van der Waals surface area contributed by atoms with Crippen molar-refractivity contribution < 1.29 is 14.7 Å². The maximum Gasteiger partial charge on any atom is 0.119 e.